The average Bonchev–Trinajstić information content (AvgIpc) is 3.46. The largest absolute Gasteiger partial charge is 0.436 e. The molecule has 0 aliphatic carbocycles. The van der Waals surface area contributed by atoms with Crippen molar-refractivity contribution in [1.82, 2.24) is 20.0 Å². The van der Waals surface area contributed by atoms with Crippen LogP contribution in [0.3, 0.4) is 0 Å². The first-order valence-corrected chi connectivity index (χ1v) is 17.7. The number of rotatable bonds is 6. The minimum absolute atomic E-state index is 0.0227. The second-order valence-corrected chi connectivity index (χ2v) is 14.1. The predicted octanol–water partition coefficient (Wildman–Crippen LogP) is 4.81. The molecule has 1 aromatic carbocycles. The molecule has 6 rings (SSSR count). The summed E-state index contributed by atoms with van der Waals surface area (Å²) in [6.07, 6.45) is 10.6. The van der Waals surface area contributed by atoms with Gasteiger partial charge in [0.1, 0.15) is 0 Å². The van der Waals surface area contributed by atoms with Crippen LogP contribution in [0.5, 0.6) is 0 Å². The van der Waals surface area contributed by atoms with Crippen LogP contribution >= 0.6 is 22.9 Å². The lowest BCUT2D eigenvalue weighted by Gasteiger charge is -2.39. The normalized spacial score (nSPS) is 20.8. The van der Waals surface area contributed by atoms with Crippen LogP contribution in [0.25, 0.3) is 0 Å². The van der Waals surface area contributed by atoms with Crippen molar-refractivity contribution >= 4 is 52.3 Å². The van der Waals surface area contributed by atoms with Gasteiger partial charge in [0.25, 0.3) is 5.91 Å². The molecule has 12 heteroatoms. The number of nitrogens with two attached hydrogens (primary N) is 1. The Bertz CT molecular complexity index is 1470. The van der Waals surface area contributed by atoms with Gasteiger partial charge in [-0.3, -0.25) is 4.79 Å². The van der Waals surface area contributed by atoms with E-state index in [4.69, 9.17) is 28.5 Å². The van der Waals surface area contributed by atoms with Gasteiger partial charge in [0.15, 0.2) is 6.10 Å². The van der Waals surface area contributed by atoms with Crippen molar-refractivity contribution < 1.29 is 19.1 Å². The molecule has 10 nitrogen and oxygen atoms in total. The molecule has 2 aromatic rings. The fraction of sp³-hybridized carbons (Fsp3) is 0.559. The number of urea groups is 1. The molecule has 0 unspecified atom stereocenters. The number of nitrogens with one attached hydrogen (secondary N) is 2. The van der Waals surface area contributed by atoms with Gasteiger partial charge in [-0.25, -0.2) is 9.59 Å². The quantitative estimate of drug-likeness (QED) is 0.301. The van der Waals surface area contributed by atoms with E-state index in [9.17, 15) is 14.4 Å². The second-order valence-electron chi connectivity index (χ2n) is 12.9. The van der Waals surface area contributed by atoms with E-state index in [2.05, 4.69) is 21.9 Å². The predicted molar refractivity (Wildman–Crippen MR) is 181 cm³/mol. The third-order valence-electron chi connectivity index (χ3n) is 10.2. The summed E-state index contributed by atoms with van der Waals surface area (Å²) in [7, 11) is 0. The molecule has 4 N–H and O–H groups in total. The summed E-state index contributed by atoms with van der Waals surface area (Å²) in [5.41, 5.74) is 9.53. The molecular formula is C34H43ClN6O4S. The number of amides is 4. The fourth-order valence-corrected chi connectivity index (χ4v) is 8.54. The van der Waals surface area contributed by atoms with Gasteiger partial charge in [-0.1, -0.05) is 17.5 Å². The molecule has 1 atom stereocenters. The molecule has 4 amide bonds. The first-order chi connectivity index (χ1) is 22.3. The van der Waals surface area contributed by atoms with Gasteiger partial charge in [-0.05, 0) is 98.5 Å². The van der Waals surface area contributed by atoms with Crippen LogP contribution in [0.2, 0.25) is 5.02 Å². The van der Waals surface area contributed by atoms with Crippen molar-refractivity contribution in [3.05, 3.63) is 44.6 Å². The number of hydrogen-bond donors (Lipinski definition) is 3. The standard InChI is InChI=1S/C34H43ClN6O4S/c1-2-23-17-22(18-28(35)31(23)36)19-30(32(42)39-12-5-25(6-13-39)24-3-10-37-11-4-24)45-34(44)40-14-8-27(9-15-40)41-16-7-26-20-46-21-29(26)38-33(41)43/h1,17-18,20-21,24-25,27,30,37H,3-16,19,36H2,(H,38,43)/t30-/m1/s1. The molecule has 1 aromatic heterocycles. The van der Waals surface area contributed by atoms with Crippen LogP contribution in [0, 0.1) is 24.2 Å². The van der Waals surface area contributed by atoms with Gasteiger partial charge in [0.2, 0.25) is 0 Å². The monoisotopic (exact) mass is 666 g/mol. The summed E-state index contributed by atoms with van der Waals surface area (Å²) >= 11 is 7.97. The number of nitrogens with zero attached hydrogens (tertiary/aromatic N) is 3. The number of hydrogen-bond acceptors (Lipinski definition) is 7. The summed E-state index contributed by atoms with van der Waals surface area (Å²) in [6, 6.07) is 3.34. The van der Waals surface area contributed by atoms with Crippen LogP contribution in [0.4, 0.5) is 21.0 Å². The number of likely N-dealkylation sites (tertiary alicyclic amines) is 2. The van der Waals surface area contributed by atoms with Crippen LogP contribution in [-0.4, -0.2) is 90.7 Å². The number of anilines is 2. The Balaban J connectivity index is 1.10. The molecule has 246 valence electrons. The van der Waals surface area contributed by atoms with E-state index in [0.717, 1.165) is 43.6 Å². The van der Waals surface area contributed by atoms with Crippen LogP contribution in [-0.2, 0) is 22.4 Å². The number of ether oxygens (including phenoxy) is 1. The Morgan fingerprint density at radius 2 is 1.72 bits per heavy atom. The molecule has 0 radical (unpaired) electrons. The average molecular weight is 667 g/mol. The smallest absolute Gasteiger partial charge is 0.410 e. The minimum Gasteiger partial charge on any atom is -0.436 e. The van der Waals surface area contributed by atoms with Gasteiger partial charge < -0.3 is 35.8 Å². The van der Waals surface area contributed by atoms with Crippen molar-refractivity contribution in [2.24, 2.45) is 11.8 Å². The number of benzene rings is 1. The van der Waals surface area contributed by atoms with Crippen molar-refractivity contribution in [1.29, 1.82) is 0 Å². The number of fused-ring (bicyclic) bond motifs is 1. The Hall–Kier alpha value is -3.46. The van der Waals surface area contributed by atoms with Crippen LogP contribution < -0.4 is 16.4 Å². The highest BCUT2D eigenvalue weighted by atomic mass is 35.5. The number of terminal acetylenes is 1. The zero-order valence-electron chi connectivity index (χ0n) is 26.1. The van der Waals surface area contributed by atoms with E-state index in [0.29, 0.717) is 79.2 Å². The molecule has 5 heterocycles. The third-order valence-corrected chi connectivity index (χ3v) is 11.3. The molecule has 4 aliphatic heterocycles. The highest BCUT2D eigenvalue weighted by Crippen LogP contribution is 2.32. The van der Waals surface area contributed by atoms with Gasteiger partial charge >= 0.3 is 12.1 Å². The van der Waals surface area contributed by atoms with Crippen LogP contribution in [0.1, 0.15) is 55.2 Å². The minimum atomic E-state index is -1.03. The number of carbonyl (C=O) groups excluding carboxylic acids is 3. The molecule has 0 bridgehead atoms. The lowest BCUT2D eigenvalue weighted by Crippen LogP contribution is -2.52. The molecule has 46 heavy (non-hydrogen) atoms. The lowest BCUT2D eigenvalue weighted by molar-refractivity contribution is -0.142. The summed E-state index contributed by atoms with van der Waals surface area (Å²) < 4.78 is 6.02. The highest BCUT2D eigenvalue weighted by Gasteiger charge is 2.36. The Labute approximate surface area is 279 Å². The Kier molecular flexibility index (Phi) is 10.3. The number of piperidine rings is 3. The number of carbonyl (C=O) groups is 3. The summed E-state index contributed by atoms with van der Waals surface area (Å²) in [6.45, 7) is 4.93. The first kappa shape index (κ1) is 32.5. The van der Waals surface area contributed by atoms with Gasteiger partial charge in [-0.2, -0.15) is 0 Å². The Morgan fingerprint density at radius 1 is 1.02 bits per heavy atom. The molecule has 3 saturated heterocycles. The van der Waals surface area contributed by atoms with E-state index in [-0.39, 0.29) is 24.4 Å². The molecule has 3 fully saturated rings. The highest BCUT2D eigenvalue weighted by molar-refractivity contribution is 7.08. The number of halogens is 1. The Morgan fingerprint density at radius 3 is 2.43 bits per heavy atom. The zero-order chi connectivity index (χ0) is 32.2. The second kappa shape index (κ2) is 14.5. The van der Waals surface area contributed by atoms with Crippen molar-refractivity contribution in [2.45, 2.75) is 63.5 Å². The van der Waals surface area contributed by atoms with Crippen molar-refractivity contribution in [2.75, 3.05) is 56.9 Å². The summed E-state index contributed by atoms with van der Waals surface area (Å²) in [4.78, 5) is 45.9. The molecule has 4 aliphatic rings. The van der Waals surface area contributed by atoms with E-state index in [1.54, 1.807) is 28.4 Å². The SMILES string of the molecule is C#Cc1cc(C[C@@H](OC(=O)N2CCC(N3CCc4cscc4NC3=O)CC2)C(=O)N2CCC(C3CCNCC3)CC2)cc(Cl)c1N. The maximum absolute atomic E-state index is 14.0. The van der Waals surface area contributed by atoms with Gasteiger partial charge in [0.05, 0.1) is 16.4 Å². The maximum atomic E-state index is 14.0. The maximum Gasteiger partial charge on any atom is 0.410 e. The van der Waals surface area contributed by atoms with E-state index >= 15 is 0 Å². The van der Waals surface area contributed by atoms with E-state index in [1.165, 1.54) is 12.8 Å². The summed E-state index contributed by atoms with van der Waals surface area (Å²) in [5, 5.41) is 10.8. The summed E-state index contributed by atoms with van der Waals surface area (Å²) in [5.74, 6) is 3.67. The number of nitrogen functional groups attached to an aromatic ring is 1. The van der Waals surface area contributed by atoms with E-state index in [1.807, 2.05) is 15.2 Å². The molecule has 0 spiro atoms. The topological polar surface area (TPSA) is 120 Å². The first-order valence-electron chi connectivity index (χ1n) is 16.4. The number of thiophene rings is 1. The van der Waals surface area contributed by atoms with Crippen molar-refractivity contribution in [3.63, 3.8) is 0 Å². The van der Waals surface area contributed by atoms with E-state index < -0.39 is 12.2 Å². The zero-order valence-corrected chi connectivity index (χ0v) is 27.7. The van der Waals surface area contributed by atoms with Gasteiger partial charge in [-0.15, -0.1) is 17.8 Å². The molecule has 0 saturated carbocycles. The molecular weight excluding hydrogens is 624 g/mol. The van der Waals surface area contributed by atoms with Crippen molar-refractivity contribution in [3.8, 4) is 12.3 Å². The lowest BCUT2D eigenvalue weighted by atomic mass is 9.79. The van der Waals surface area contributed by atoms with Crippen LogP contribution in [0.15, 0.2) is 22.9 Å². The third kappa shape index (κ3) is 7.24. The van der Waals surface area contributed by atoms with Gasteiger partial charge in [0, 0.05) is 56.1 Å². The fourth-order valence-electron chi connectivity index (χ4n) is 7.48.